The number of carbonyl (C=O) groups excluding carboxylic acids is 1. The molecule has 128 valence electrons. The topological polar surface area (TPSA) is 68.0 Å². The smallest absolute Gasteiger partial charge is 0.410 e. The number of hydrogen-bond acceptors (Lipinski definition) is 5. The number of benzene rings is 1. The lowest BCUT2D eigenvalue weighted by Gasteiger charge is -2.37. The van der Waals surface area contributed by atoms with E-state index in [2.05, 4.69) is 4.90 Å². The monoisotopic (exact) mass is 321 g/mol. The first kappa shape index (κ1) is 17.4. The number of amides is 1. The predicted molar refractivity (Wildman–Crippen MR) is 90.9 cm³/mol. The third-order valence-electron chi connectivity index (χ3n) is 3.75. The maximum atomic E-state index is 12.1. The van der Waals surface area contributed by atoms with Gasteiger partial charge >= 0.3 is 6.09 Å². The van der Waals surface area contributed by atoms with Gasteiger partial charge < -0.3 is 25.0 Å². The molecular weight excluding hydrogens is 294 g/mol. The quantitative estimate of drug-likeness (QED) is 0.924. The van der Waals surface area contributed by atoms with Crippen molar-refractivity contribution in [1.82, 2.24) is 4.90 Å². The van der Waals surface area contributed by atoms with E-state index >= 15 is 0 Å². The number of nitrogens with zero attached hydrogens (tertiary/aromatic N) is 2. The highest BCUT2D eigenvalue weighted by Crippen LogP contribution is 2.30. The average Bonchev–Trinajstić information content (AvgIpc) is 2.52. The van der Waals surface area contributed by atoms with Crippen molar-refractivity contribution >= 4 is 11.8 Å². The lowest BCUT2D eigenvalue weighted by atomic mass is 10.1. The van der Waals surface area contributed by atoms with E-state index in [1.807, 2.05) is 39.0 Å². The van der Waals surface area contributed by atoms with E-state index in [1.54, 1.807) is 12.0 Å². The molecule has 1 heterocycles. The highest BCUT2D eigenvalue weighted by molar-refractivity contribution is 5.69. The first-order valence-corrected chi connectivity index (χ1v) is 7.94. The summed E-state index contributed by atoms with van der Waals surface area (Å²) in [6.45, 7) is 8.90. The van der Waals surface area contributed by atoms with Gasteiger partial charge in [-0.2, -0.15) is 0 Å². The molecule has 2 N–H and O–H groups in total. The molecule has 0 atom stereocenters. The van der Waals surface area contributed by atoms with E-state index in [0.717, 1.165) is 30.1 Å². The number of rotatable bonds is 3. The second-order valence-corrected chi connectivity index (χ2v) is 6.66. The largest absolute Gasteiger partial charge is 0.495 e. The maximum absolute atomic E-state index is 12.1. The summed E-state index contributed by atoms with van der Waals surface area (Å²) in [5.74, 6) is 0.818. The summed E-state index contributed by atoms with van der Waals surface area (Å²) in [5, 5.41) is 0. The van der Waals surface area contributed by atoms with Gasteiger partial charge in [-0.25, -0.2) is 4.79 Å². The Labute approximate surface area is 138 Å². The summed E-state index contributed by atoms with van der Waals surface area (Å²) in [4.78, 5) is 16.1. The molecule has 1 aliphatic heterocycles. The summed E-state index contributed by atoms with van der Waals surface area (Å²) in [5.41, 5.74) is 7.29. The van der Waals surface area contributed by atoms with Crippen molar-refractivity contribution in [2.45, 2.75) is 32.9 Å². The lowest BCUT2D eigenvalue weighted by molar-refractivity contribution is 0.0240. The summed E-state index contributed by atoms with van der Waals surface area (Å²) in [7, 11) is 1.66. The van der Waals surface area contributed by atoms with Gasteiger partial charge in [0.1, 0.15) is 11.4 Å². The van der Waals surface area contributed by atoms with E-state index < -0.39 is 5.60 Å². The third kappa shape index (κ3) is 4.51. The van der Waals surface area contributed by atoms with Crippen molar-refractivity contribution < 1.29 is 14.3 Å². The summed E-state index contributed by atoms with van der Waals surface area (Å²) in [6, 6.07) is 6.01. The zero-order valence-corrected chi connectivity index (χ0v) is 14.5. The van der Waals surface area contributed by atoms with Crippen LogP contribution in [0, 0.1) is 0 Å². The number of carbonyl (C=O) groups is 1. The number of nitrogens with two attached hydrogens (primary N) is 1. The molecule has 6 heteroatoms. The van der Waals surface area contributed by atoms with Crippen LogP contribution in [0.5, 0.6) is 5.75 Å². The molecule has 0 bridgehead atoms. The van der Waals surface area contributed by atoms with Crippen molar-refractivity contribution in [1.29, 1.82) is 0 Å². The van der Waals surface area contributed by atoms with Crippen LogP contribution in [0.2, 0.25) is 0 Å². The molecule has 0 aliphatic carbocycles. The normalized spacial score (nSPS) is 15.5. The van der Waals surface area contributed by atoms with Gasteiger partial charge in [0.25, 0.3) is 0 Å². The van der Waals surface area contributed by atoms with Gasteiger partial charge in [-0.3, -0.25) is 0 Å². The van der Waals surface area contributed by atoms with Gasteiger partial charge in [0.15, 0.2) is 0 Å². The zero-order chi connectivity index (χ0) is 17.0. The average molecular weight is 321 g/mol. The summed E-state index contributed by atoms with van der Waals surface area (Å²) >= 11 is 0. The SMILES string of the molecule is COc1cc(CN)ccc1N1CCN(C(=O)OC(C)(C)C)CC1. The number of anilines is 1. The Morgan fingerprint density at radius 2 is 1.87 bits per heavy atom. The van der Waals surface area contributed by atoms with E-state index in [4.69, 9.17) is 15.2 Å². The molecule has 1 saturated heterocycles. The van der Waals surface area contributed by atoms with Crippen LogP contribution in [-0.2, 0) is 11.3 Å². The molecule has 0 spiro atoms. The van der Waals surface area contributed by atoms with Gasteiger partial charge in [-0.15, -0.1) is 0 Å². The van der Waals surface area contributed by atoms with E-state index in [0.29, 0.717) is 19.6 Å². The third-order valence-corrected chi connectivity index (χ3v) is 3.75. The maximum Gasteiger partial charge on any atom is 0.410 e. The van der Waals surface area contributed by atoms with Crippen LogP contribution in [0.3, 0.4) is 0 Å². The minimum Gasteiger partial charge on any atom is -0.495 e. The van der Waals surface area contributed by atoms with E-state index in [1.165, 1.54) is 0 Å². The predicted octanol–water partition coefficient (Wildman–Crippen LogP) is 2.21. The fourth-order valence-corrected chi connectivity index (χ4v) is 2.57. The van der Waals surface area contributed by atoms with Crippen molar-refractivity contribution in [3.05, 3.63) is 23.8 Å². The number of methoxy groups -OCH3 is 1. The Morgan fingerprint density at radius 1 is 1.22 bits per heavy atom. The van der Waals surface area contributed by atoms with Crippen molar-refractivity contribution in [2.24, 2.45) is 5.73 Å². The molecule has 1 amide bonds. The Morgan fingerprint density at radius 3 is 2.39 bits per heavy atom. The molecule has 2 rings (SSSR count). The second-order valence-electron chi connectivity index (χ2n) is 6.66. The fourth-order valence-electron chi connectivity index (χ4n) is 2.57. The lowest BCUT2D eigenvalue weighted by Crippen LogP contribution is -2.50. The molecule has 0 unspecified atom stereocenters. The van der Waals surface area contributed by atoms with Gasteiger partial charge in [0.2, 0.25) is 0 Å². The number of ether oxygens (including phenoxy) is 2. The Kier molecular flexibility index (Phi) is 5.36. The Hall–Kier alpha value is -1.95. The molecule has 0 saturated carbocycles. The second kappa shape index (κ2) is 7.08. The van der Waals surface area contributed by atoms with E-state index in [9.17, 15) is 4.79 Å². The van der Waals surface area contributed by atoms with Crippen molar-refractivity contribution in [2.75, 3.05) is 38.2 Å². The zero-order valence-electron chi connectivity index (χ0n) is 14.5. The fraction of sp³-hybridized carbons (Fsp3) is 0.588. The molecule has 1 aliphatic rings. The molecule has 1 fully saturated rings. The standard InChI is InChI=1S/C17H27N3O3/c1-17(2,3)23-16(21)20-9-7-19(8-10-20)14-6-5-13(12-18)11-15(14)22-4/h5-6,11H,7-10,12,18H2,1-4H3. The van der Waals surface area contributed by atoms with Crippen LogP contribution in [0.25, 0.3) is 0 Å². The first-order valence-electron chi connectivity index (χ1n) is 7.94. The Bertz CT molecular complexity index is 547. The molecule has 23 heavy (non-hydrogen) atoms. The van der Waals surface area contributed by atoms with Gasteiger partial charge in [0.05, 0.1) is 12.8 Å². The van der Waals surface area contributed by atoms with Crippen LogP contribution in [0.1, 0.15) is 26.3 Å². The highest BCUT2D eigenvalue weighted by atomic mass is 16.6. The highest BCUT2D eigenvalue weighted by Gasteiger charge is 2.26. The molecule has 1 aromatic rings. The van der Waals surface area contributed by atoms with Crippen molar-refractivity contribution in [3.63, 3.8) is 0 Å². The summed E-state index contributed by atoms with van der Waals surface area (Å²) < 4.78 is 10.9. The molecule has 1 aromatic carbocycles. The van der Waals surface area contributed by atoms with Gasteiger partial charge in [0, 0.05) is 32.7 Å². The minimum absolute atomic E-state index is 0.248. The summed E-state index contributed by atoms with van der Waals surface area (Å²) in [6.07, 6.45) is -0.248. The minimum atomic E-state index is -0.463. The van der Waals surface area contributed by atoms with Crippen molar-refractivity contribution in [3.8, 4) is 5.75 Å². The van der Waals surface area contributed by atoms with Crippen LogP contribution in [0.15, 0.2) is 18.2 Å². The van der Waals surface area contributed by atoms with Crippen LogP contribution < -0.4 is 15.4 Å². The number of piperazine rings is 1. The van der Waals surface area contributed by atoms with Crippen LogP contribution >= 0.6 is 0 Å². The van der Waals surface area contributed by atoms with Crippen LogP contribution in [-0.4, -0.2) is 49.9 Å². The van der Waals surface area contributed by atoms with Gasteiger partial charge in [-0.1, -0.05) is 6.07 Å². The number of hydrogen-bond donors (Lipinski definition) is 1. The molecular formula is C17H27N3O3. The molecule has 0 aromatic heterocycles. The molecule has 6 nitrogen and oxygen atoms in total. The van der Waals surface area contributed by atoms with E-state index in [-0.39, 0.29) is 6.09 Å². The van der Waals surface area contributed by atoms with Crippen LogP contribution in [0.4, 0.5) is 10.5 Å². The van der Waals surface area contributed by atoms with Gasteiger partial charge in [-0.05, 0) is 38.5 Å². The molecule has 0 radical (unpaired) electrons. The Balaban J connectivity index is 2.00. The first-order chi connectivity index (χ1) is 10.8.